The number of carbonyl (C=O) groups is 2. The number of aromatic nitrogens is 2. The Kier molecular flexibility index (Phi) is 7.54. The van der Waals surface area contributed by atoms with Crippen molar-refractivity contribution < 1.29 is 14.3 Å². The summed E-state index contributed by atoms with van der Waals surface area (Å²) >= 11 is 0. The van der Waals surface area contributed by atoms with E-state index in [1.165, 1.54) is 5.56 Å². The zero-order valence-electron chi connectivity index (χ0n) is 17.8. The molecule has 1 heterocycles. The van der Waals surface area contributed by atoms with Crippen LogP contribution in [0.3, 0.4) is 0 Å². The van der Waals surface area contributed by atoms with Crippen LogP contribution in [-0.4, -0.2) is 34.0 Å². The fourth-order valence-corrected chi connectivity index (χ4v) is 3.24. The fourth-order valence-electron chi connectivity index (χ4n) is 3.24. The summed E-state index contributed by atoms with van der Waals surface area (Å²) in [7, 11) is 0. The third kappa shape index (κ3) is 6.50. The van der Waals surface area contributed by atoms with E-state index in [4.69, 9.17) is 4.74 Å². The van der Waals surface area contributed by atoms with Gasteiger partial charge in [0.15, 0.2) is 6.10 Å². The number of aryl methyl sites for hydroxylation is 2. The van der Waals surface area contributed by atoms with Gasteiger partial charge in [-0.1, -0.05) is 42.5 Å². The van der Waals surface area contributed by atoms with Crippen LogP contribution in [0.4, 0.5) is 0 Å². The highest BCUT2D eigenvalue weighted by Crippen LogP contribution is 2.08. The van der Waals surface area contributed by atoms with Crippen LogP contribution >= 0.6 is 0 Å². The molecule has 0 aliphatic heterocycles. The SMILES string of the molecule is C[C@@H](CCc1ccccc1)NC(=O)[C@@H](C)OC(=O)CCc1nc2ccccc2c(=O)[nH]1. The Morgan fingerprint density at radius 2 is 1.74 bits per heavy atom. The van der Waals surface area contributed by atoms with Gasteiger partial charge in [-0.05, 0) is 44.4 Å². The molecule has 0 unspecified atom stereocenters. The lowest BCUT2D eigenvalue weighted by Gasteiger charge is -2.18. The van der Waals surface area contributed by atoms with Gasteiger partial charge in [0.1, 0.15) is 5.82 Å². The van der Waals surface area contributed by atoms with Gasteiger partial charge in [0.25, 0.3) is 11.5 Å². The molecule has 162 valence electrons. The fraction of sp³-hybridized carbons (Fsp3) is 0.333. The predicted molar refractivity (Wildman–Crippen MR) is 119 cm³/mol. The van der Waals surface area contributed by atoms with E-state index in [9.17, 15) is 14.4 Å². The van der Waals surface area contributed by atoms with Crippen molar-refractivity contribution in [1.82, 2.24) is 15.3 Å². The number of hydrogen-bond acceptors (Lipinski definition) is 5. The minimum Gasteiger partial charge on any atom is -0.453 e. The zero-order valence-corrected chi connectivity index (χ0v) is 17.8. The highest BCUT2D eigenvalue weighted by Gasteiger charge is 2.19. The second-order valence-corrected chi connectivity index (χ2v) is 7.60. The van der Waals surface area contributed by atoms with Crippen LogP contribution in [-0.2, 0) is 27.2 Å². The molecule has 3 rings (SSSR count). The molecule has 1 amide bonds. The molecule has 31 heavy (non-hydrogen) atoms. The molecule has 2 aromatic carbocycles. The van der Waals surface area contributed by atoms with E-state index in [1.54, 1.807) is 31.2 Å². The standard InChI is InChI=1S/C24H27N3O4/c1-16(12-13-18-8-4-3-5-9-18)25-23(29)17(2)31-22(28)15-14-21-26-20-11-7-6-10-19(20)24(30)27-21/h3-11,16-17H,12-15H2,1-2H3,(H,25,29)(H,26,27,30)/t16-,17+/m0/s1. The first-order chi connectivity index (χ1) is 14.9. The molecule has 2 atom stereocenters. The number of fused-ring (bicyclic) bond motifs is 1. The van der Waals surface area contributed by atoms with E-state index < -0.39 is 12.1 Å². The van der Waals surface area contributed by atoms with E-state index in [-0.39, 0.29) is 30.3 Å². The van der Waals surface area contributed by atoms with E-state index >= 15 is 0 Å². The Balaban J connectivity index is 1.44. The molecule has 7 nitrogen and oxygen atoms in total. The Bertz CT molecular complexity index is 1090. The number of nitrogens with one attached hydrogen (secondary N) is 2. The molecule has 7 heteroatoms. The second kappa shape index (κ2) is 10.5. The summed E-state index contributed by atoms with van der Waals surface area (Å²) < 4.78 is 5.24. The first kappa shape index (κ1) is 22.2. The van der Waals surface area contributed by atoms with Crippen LogP contribution in [0.15, 0.2) is 59.4 Å². The van der Waals surface area contributed by atoms with Crippen LogP contribution in [0.1, 0.15) is 38.1 Å². The highest BCUT2D eigenvalue weighted by atomic mass is 16.5. The molecule has 3 aromatic rings. The van der Waals surface area contributed by atoms with Gasteiger partial charge in [-0.15, -0.1) is 0 Å². The molecule has 0 saturated heterocycles. The lowest BCUT2D eigenvalue weighted by molar-refractivity contribution is -0.155. The molecule has 0 radical (unpaired) electrons. The van der Waals surface area contributed by atoms with Gasteiger partial charge in [-0.2, -0.15) is 0 Å². The molecular formula is C24H27N3O4. The first-order valence-corrected chi connectivity index (χ1v) is 10.4. The van der Waals surface area contributed by atoms with Crippen LogP contribution in [0, 0.1) is 0 Å². The molecule has 2 N–H and O–H groups in total. The third-order valence-electron chi connectivity index (χ3n) is 5.00. The van der Waals surface area contributed by atoms with Crippen molar-refractivity contribution in [2.24, 2.45) is 0 Å². The number of aromatic amines is 1. The van der Waals surface area contributed by atoms with Crippen LogP contribution < -0.4 is 10.9 Å². The summed E-state index contributed by atoms with van der Waals surface area (Å²) in [6, 6.07) is 17.0. The second-order valence-electron chi connectivity index (χ2n) is 7.60. The molecular weight excluding hydrogens is 394 g/mol. The van der Waals surface area contributed by atoms with Gasteiger partial charge >= 0.3 is 5.97 Å². The number of hydrogen-bond donors (Lipinski definition) is 2. The van der Waals surface area contributed by atoms with E-state index in [2.05, 4.69) is 27.4 Å². The van der Waals surface area contributed by atoms with Gasteiger partial charge < -0.3 is 15.0 Å². The number of carbonyl (C=O) groups excluding carboxylic acids is 2. The van der Waals surface area contributed by atoms with Crippen molar-refractivity contribution in [1.29, 1.82) is 0 Å². The Morgan fingerprint density at radius 1 is 1.03 bits per heavy atom. The van der Waals surface area contributed by atoms with Crippen molar-refractivity contribution in [2.75, 3.05) is 0 Å². The number of benzene rings is 2. The number of amides is 1. The molecule has 0 aliphatic carbocycles. The van der Waals surface area contributed by atoms with E-state index in [0.29, 0.717) is 16.7 Å². The minimum atomic E-state index is -0.893. The number of H-pyrrole nitrogens is 1. The molecule has 0 fully saturated rings. The van der Waals surface area contributed by atoms with E-state index in [1.807, 2.05) is 25.1 Å². The van der Waals surface area contributed by atoms with Crippen LogP contribution in [0.2, 0.25) is 0 Å². The van der Waals surface area contributed by atoms with Crippen molar-refractivity contribution in [3.8, 4) is 0 Å². The smallest absolute Gasteiger partial charge is 0.307 e. The molecule has 0 saturated carbocycles. The number of para-hydroxylation sites is 1. The van der Waals surface area contributed by atoms with Crippen molar-refractivity contribution in [2.45, 2.75) is 51.7 Å². The van der Waals surface area contributed by atoms with Crippen LogP contribution in [0.5, 0.6) is 0 Å². The summed E-state index contributed by atoms with van der Waals surface area (Å²) in [4.78, 5) is 43.6. The summed E-state index contributed by atoms with van der Waals surface area (Å²) in [6.45, 7) is 3.48. The first-order valence-electron chi connectivity index (χ1n) is 10.4. The van der Waals surface area contributed by atoms with Crippen molar-refractivity contribution >= 4 is 22.8 Å². The zero-order chi connectivity index (χ0) is 22.2. The number of esters is 1. The molecule has 0 bridgehead atoms. The normalized spacial score (nSPS) is 12.8. The predicted octanol–water partition coefficient (Wildman–Crippen LogP) is 2.92. The molecule has 1 aromatic heterocycles. The minimum absolute atomic E-state index is 0.0163. The van der Waals surface area contributed by atoms with Crippen molar-refractivity contribution in [3.05, 3.63) is 76.3 Å². The average molecular weight is 421 g/mol. The number of rotatable bonds is 9. The van der Waals surface area contributed by atoms with Gasteiger partial charge in [0, 0.05) is 12.5 Å². The third-order valence-corrected chi connectivity index (χ3v) is 5.00. The monoisotopic (exact) mass is 421 g/mol. The lowest BCUT2D eigenvalue weighted by atomic mass is 10.1. The van der Waals surface area contributed by atoms with Crippen molar-refractivity contribution in [3.63, 3.8) is 0 Å². The summed E-state index contributed by atoms with van der Waals surface area (Å²) in [5, 5.41) is 3.38. The number of nitrogens with zero attached hydrogens (tertiary/aromatic N) is 1. The average Bonchev–Trinajstić information content (AvgIpc) is 2.77. The van der Waals surface area contributed by atoms with Crippen LogP contribution in [0.25, 0.3) is 10.9 Å². The Labute approximate surface area is 180 Å². The van der Waals surface area contributed by atoms with Gasteiger partial charge in [0.05, 0.1) is 17.3 Å². The molecule has 0 aliphatic rings. The topological polar surface area (TPSA) is 101 Å². The maximum Gasteiger partial charge on any atom is 0.307 e. The summed E-state index contributed by atoms with van der Waals surface area (Å²) in [5.74, 6) is -0.436. The molecule has 0 spiro atoms. The van der Waals surface area contributed by atoms with Gasteiger partial charge in [-0.25, -0.2) is 4.98 Å². The van der Waals surface area contributed by atoms with Gasteiger partial charge in [0.2, 0.25) is 0 Å². The summed E-state index contributed by atoms with van der Waals surface area (Å²) in [5.41, 5.74) is 1.54. The maximum absolute atomic E-state index is 12.3. The Morgan fingerprint density at radius 3 is 2.52 bits per heavy atom. The Hall–Kier alpha value is -3.48. The lowest BCUT2D eigenvalue weighted by Crippen LogP contribution is -2.41. The number of ether oxygens (including phenoxy) is 1. The summed E-state index contributed by atoms with van der Waals surface area (Å²) in [6.07, 6.45) is 0.990. The van der Waals surface area contributed by atoms with Gasteiger partial charge in [-0.3, -0.25) is 14.4 Å². The quantitative estimate of drug-likeness (QED) is 0.518. The highest BCUT2D eigenvalue weighted by molar-refractivity contribution is 5.83. The largest absolute Gasteiger partial charge is 0.453 e. The van der Waals surface area contributed by atoms with E-state index in [0.717, 1.165) is 12.8 Å². The maximum atomic E-state index is 12.3.